The molecule has 1 aliphatic rings. The Morgan fingerprint density at radius 1 is 0.893 bits per heavy atom. The Labute approximate surface area is 165 Å². The first-order chi connectivity index (χ1) is 13.8. The summed E-state index contributed by atoms with van der Waals surface area (Å²) >= 11 is 0. The number of nitrogens with zero attached hydrogens (tertiary/aromatic N) is 2. The van der Waals surface area contributed by atoms with Crippen LogP contribution in [-0.2, 0) is 6.54 Å². The van der Waals surface area contributed by atoms with Crippen molar-refractivity contribution in [3.05, 3.63) is 84.2 Å². The van der Waals surface area contributed by atoms with Gasteiger partial charge in [-0.2, -0.15) is 0 Å². The van der Waals surface area contributed by atoms with Gasteiger partial charge in [-0.05, 0) is 54.8 Å². The van der Waals surface area contributed by atoms with Crippen molar-refractivity contribution in [1.82, 2.24) is 4.98 Å². The van der Waals surface area contributed by atoms with Crippen molar-refractivity contribution in [1.29, 1.82) is 0 Å². The smallest absolute Gasteiger partial charge is 0.274 e. The van der Waals surface area contributed by atoms with Crippen LogP contribution in [0.2, 0.25) is 0 Å². The molecule has 0 radical (unpaired) electrons. The van der Waals surface area contributed by atoms with E-state index >= 15 is 0 Å². The Morgan fingerprint density at radius 2 is 1.61 bits per heavy atom. The number of rotatable bonds is 6. The van der Waals surface area contributed by atoms with E-state index in [1.54, 1.807) is 12.3 Å². The van der Waals surface area contributed by atoms with Crippen LogP contribution in [0.15, 0.2) is 72.9 Å². The van der Waals surface area contributed by atoms with Gasteiger partial charge >= 0.3 is 0 Å². The molecule has 2 aromatic carbocycles. The Hall–Kier alpha value is -3.34. The summed E-state index contributed by atoms with van der Waals surface area (Å²) in [4.78, 5) is 19.1. The van der Waals surface area contributed by atoms with Gasteiger partial charge in [0.05, 0.1) is 11.9 Å². The summed E-state index contributed by atoms with van der Waals surface area (Å²) < 4.78 is 0. The number of carbonyl (C=O) groups excluding carboxylic acids is 1. The molecule has 2 N–H and O–H groups in total. The van der Waals surface area contributed by atoms with Gasteiger partial charge in [-0.3, -0.25) is 4.79 Å². The van der Waals surface area contributed by atoms with Gasteiger partial charge in [-0.15, -0.1) is 0 Å². The van der Waals surface area contributed by atoms with Crippen molar-refractivity contribution >= 4 is 23.0 Å². The van der Waals surface area contributed by atoms with Crippen LogP contribution in [0.3, 0.4) is 0 Å². The highest BCUT2D eigenvalue weighted by Gasteiger charge is 2.12. The minimum absolute atomic E-state index is 0.205. The van der Waals surface area contributed by atoms with Gasteiger partial charge in [0.2, 0.25) is 0 Å². The molecule has 142 valence electrons. The normalized spacial score (nSPS) is 13.4. The minimum atomic E-state index is -0.205. The van der Waals surface area contributed by atoms with Crippen LogP contribution in [0, 0.1) is 0 Å². The van der Waals surface area contributed by atoms with Crippen LogP contribution >= 0.6 is 0 Å². The fourth-order valence-electron chi connectivity index (χ4n) is 3.36. The predicted octanol–water partition coefficient (Wildman–Crippen LogP) is 4.55. The molecule has 0 spiro atoms. The van der Waals surface area contributed by atoms with E-state index in [-0.39, 0.29) is 5.91 Å². The number of hydrogen-bond acceptors (Lipinski definition) is 4. The van der Waals surface area contributed by atoms with Crippen molar-refractivity contribution in [2.75, 3.05) is 28.6 Å². The van der Waals surface area contributed by atoms with E-state index in [2.05, 4.69) is 44.8 Å². The van der Waals surface area contributed by atoms with Crippen LogP contribution in [0.4, 0.5) is 17.1 Å². The summed E-state index contributed by atoms with van der Waals surface area (Å²) in [6.45, 7) is 2.94. The molecule has 1 aliphatic heterocycles. The topological polar surface area (TPSA) is 57.3 Å². The first-order valence-electron chi connectivity index (χ1n) is 9.68. The third kappa shape index (κ3) is 4.49. The molecule has 1 saturated heterocycles. The van der Waals surface area contributed by atoms with Crippen molar-refractivity contribution in [2.24, 2.45) is 0 Å². The van der Waals surface area contributed by atoms with E-state index in [0.717, 1.165) is 31.0 Å². The number of nitrogens with one attached hydrogen (secondary N) is 2. The second-order valence-electron chi connectivity index (χ2n) is 6.97. The Balaban J connectivity index is 1.33. The number of carbonyl (C=O) groups is 1. The molecular weight excluding hydrogens is 348 g/mol. The van der Waals surface area contributed by atoms with E-state index in [1.165, 1.54) is 24.1 Å². The lowest BCUT2D eigenvalue weighted by atomic mass is 10.2. The van der Waals surface area contributed by atoms with Crippen molar-refractivity contribution in [3.8, 4) is 0 Å². The van der Waals surface area contributed by atoms with E-state index in [1.807, 2.05) is 36.4 Å². The summed E-state index contributed by atoms with van der Waals surface area (Å²) in [6.07, 6.45) is 4.19. The minimum Gasteiger partial charge on any atom is -0.380 e. The van der Waals surface area contributed by atoms with Crippen LogP contribution in [0.5, 0.6) is 0 Å². The highest BCUT2D eigenvalue weighted by molar-refractivity contribution is 6.03. The van der Waals surface area contributed by atoms with Gasteiger partial charge < -0.3 is 15.5 Å². The van der Waals surface area contributed by atoms with Crippen molar-refractivity contribution < 1.29 is 4.79 Å². The zero-order valence-corrected chi connectivity index (χ0v) is 15.8. The maximum Gasteiger partial charge on any atom is 0.274 e. The maximum absolute atomic E-state index is 12.4. The molecule has 1 fully saturated rings. The van der Waals surface area contributed by atoms with E-state index in [4.69, 9.17) is 0 Å². The summed E-state index contributed by atoms with van der Waals surface area (Å²) in [6, 6.07) is 21.8. The molecule has 28 heavy (non-hydrogen) atoms. The highest BCUT2D eigenvalue weighted by Crippen LogP contribution is 2.22. The first-order valence-corrected chi connectivity index (χ1v) is 9.68. The Kier molecular flexibility index (Phi) is 5.52. The van der Waals surface area contributed by atoms with Crippen LogP contribution in [0.1, 0.15) is 28.9 Å². The largest absolute Gasteiger partial charge is 0.380 e. The first kappa shape index (κ1) is 18.0. The third-order valence-corrected chi connectivity index (χ3v) is 4.93. The van der Waals surface area contributed by atoms with Crippen LogP contribution in [0.25, 0.3) is 0 Å². The Morgan fingerprint density at radius 3 is 2.29 bits per heavy atom. The number of amides is 1. The molecule has 5 nitrogen and oxygen atoms in total. The lowest BCUT2D eigenvalue weighted by Gasteiger charge is -2.17. The molecule has 0 atom stereocenters. The van der Waals surface area contributed by atoms with Gasteiger partial charge in [0.25, 0.3) is 5.91 Å². The molecule has 4 rings (SSSR count). The molecule has 1 amide bonds. The molecule has 1 aromatic heterocycles. The number of aromatic nitrogens is 1. The standard InChI is InChI=1S/C23H24N4O/c28-23(26-19-8-11-21(12-9-19)27-14-4-5-15-27)22-13-10-20(17-25-22)24-16-18-6-2-1-3-7-18/h1-3,6-13,17,24H,4-5,14-16H2,(H,26,28). The van der Waals surface area contributed by atoms with Gasteiger partial charge in [0, 0.05) is 31.0 Å². The predicted molar refractivity (Wildman–Crippen MR) is 114 cm³/mol. The average molecular weight is 372 g/mol. The van der Waals surface area contributed by atoms with E-state index < -0.39 is 0 Å². The maximum atomic E-state index is 12.4. The van der Waals surface area contributed by atoms with Crippen LogP contribution < -0.4 is 15.5 Å². The van der Waals surface area contributed by atoms with Crippen molar-refractivity contribution in [3.63, 3.8) is 0 Å². The molecule has 0 aliphatic carbocycles. The van der Waals surface area contributed by atoms with Crippen molar-refractivity contribution in [2.45, 2.75) is 19.4 Å². The quantitative estimate of drug-likeness (QED) is 0.667. The molecule has 3 aromatic rings. The monoisotopic (exact) mass is 372 g/mol. The van der Waals surface area contributed by atoms with Gasteiger partial charge in [-0.1, -0.05) is 30.3 Å². The lowest BCUT2D eigenvalue weighted by Crippen LogP contribution is -2.17. The fraction of sp³-hybridized carbons (Fsp3) is 0.217. The zero-order chi connectivity index (χ0) is 19.2. The zero-order valence-electron chi connectivity index (χ0n) is 15.8. The number of pyridine rings is 1. The fourth-order valence-corrected chi connectivity index (χ4v) is 3.36. The van der Waals surface area contributed by atoms with Gasteiger partial charge in [0.1, 0.15) is 5.69 Å². The summed E-state index contributed by atoms with van der Waals surface area (Å²) in [5.41, 5.74) is 4.47. The second kappa shape index (κ2) is 8.57. The second-order valence-corrected chi connectivity index (χ2v) is 6.97. The summed E-state index contributed by atoms with van der Waals surface area (Å²) in [5, 5.41) is 6.22. The SMILES string of the molecule is O=C(Nc1ccc(N2CCCC2)cc1)c1ccc(NCc2ccccc2)cn1. The van der Waals surface area contributed by atoms with Gasteiger partial charge in [0.15, 0.2) is 0 Å². The summed E-state index contributed by atoms with van der Waals surface area (Å²) in [7, 11) is 0. The molecule has 0 bridgehead atoms. The molecule has 5 heteroatoms. The third-order valence-electron chi connectivity index (χ3n) is 4.93. The highest BCUT2D eigenvalue weighted by atomic mass is 16.1. The number of benzene rings is 2. The summed E-state index contributed by atoms with van der Waals surface area (Å²) in [5.74, 6) is -0.205. The lowest BCUT2D eigenvalue weighted by molar-refractivity contribution is 0.102. The molecular formula is C23H24N4O. The average Bonchev–Trinajstić information content (AvgIpc) is 3.29. The molecule has 0 unspecified atom stereocenters. The van der Waals surface area contributed by atoms with Gasteiger partial charge in [-0.25, -0.2) is 4.98 Å². The number of hydrogen-bond donors (Lipinski definition) is 2. The Bertz CT molecular complexity index is 902. The van der Waals surface area contributed by atoms with Crippen LogP contribution in [-0.4, -0.2) is 24.0 Å². The van der Waals surface area contributed by atoms with E-state index in [0.29, 0.717) is 5.69 Å². The molecule has 2 heterocycles. The molecule has 0 saturated carbocycles. The number of anilines is 3. The van der Waals surface area contributed by atoms with E-state index in [9.17, 15) is 4.79 Å².